The molecule has 0 bridgehead atoms. The molecule has 0 saturated heterocycles. The lowest BCUT2D eigenvalue weighted by Gasteiger charge is -2.16. The van der Waals surface area contributed by atoms with Crippen LogP contribution >= 0.6 is 0 Å². The zero-order valence-corrected chi connectivity index (χ0v) is 12.6. The van der Waals surface area contributed by atoms with E-state index in [1.54, 1.807) is 27.4 Å². The summed E-state index contributed by atoms with van der Waals surface area (Å²) in [6.07, 6.45) is 0. The summed E-state index contributed by atoms with van der Waals surface area (Å²) in [6, 6.07) is 13.8. The fourth-order valence-electron chi connectivity index (χ4n) is 2.83. The van der Waals surface area contributed by atoms with E-state index in [1.807, 2.05) is 30.3 Å². The summed E-state index contributed by atoms with van der Waals surface area (Å²) in [5, 5.41) is 13.1. The highest BCUT2D eigenvalue weighted by Crippen LogP contribution is 2.46. The number of ether oxygens (including phenoxy) is 3. The number of methoxy groups -OCH3 is 3. The van der Waals surface area contributed by atoms with E-state index in [0.717, 1.165) is 21.5 Å². The summed E-state index contributed by atoms with van der Waals surface area (Å²) >= 11 is 0. The molecule has 3 rings (SSSR count). The third-order valence-electron chi connectivity index (χ3n) is 3.77. The Labute approximate surface area is 128 Å². The summed E-state index contributed by atoms with van der Waals surface area (Å²) in [5.74, 6) is 1.70. The van der Waals surface area contributed by atoms with Crippen molar-refractivity contribution in [3.8, 4) is 23.3 Å². The van der Waals surface area contributed by atoms with Gasteiger partial charge in [-0.05, 0) is 22.9 Å². The van der Waals surface area contributed by atoms with Crippen molar-refractivity contribution in [3.63, 3.8) is 0 Å². The predicted octanol–water partition coefficient (Wildman–Crippen LogP) is 3.89. The SMILES string of the molecule is COc1cc2ccc3cccc(C#N)c3c2c(OC)c1OC. The normalized spacial score (nSPS) is 10.5. The molecule has 0 fully saturated rings. The van der Waals surface area contributed by atoms with Gasteiger partial charge in [-0.25, -0.2) is 0 Å². The molecule has 0 unspecified atom stereocenters. The minimum Gasteiger partial charge on any atom is -0.493 e. The summed E-state index contributed by atoms with van der Waals surface area (Å²) in [5.41, 5.74) is 0.605. The highest BCUT2D eigenvalue weighted by molar-refractivity contribution is 6.14. The van der Waals surface area contributed by atoms with Gasteiger partial charge in [-0.15, -0.1) is 0 Å². The molecule has 0 atom stereocenters. The van der Waals surface area contributed by atoms with Gasteiger partial charge in [0.25, 0.3) is 0 Å². The first-order chi connectivity index (χ1) is 10.7. The lowest BCUT2D eigenvalue weighted by atomic mass is 9.97. The van der Waals surface area contributed by atoms with Crippen LogP contribution in [0.5, 0.6) is 17.2 Å². The average molecular weight is 293 g/mol. The zero-order chi connectivity index (χ0) is 15.7. The molecule has 0 aliphatic rings. The van der Waals surface area contributed by atoms with E-state index in [0.29, 0.717) is 22.8 Å². The molecule has 4 heteroatoms. The van der Waals surface area contributed by atoms with Crippen LogP contribution in [0.25, 0.3) is 21.5 Å². The molecule has 0 spiro atoms. The average Bonchev–Trinajstić information content (AvgIpc) is 2.58. The van der Waals surface area contributed by atoms with Gasteiger partial charge in [-0.3, -0.25) is 0 Å². The van der Waals surface area contributed by atoms with Crippen LogP contribution in [-0.4, -0.2) is 21.3 Å². The topological polar surface area (TPSA) is 51.5 Å². The van der Waals surface area contributed by atoms with Crippen molar-refractivity contribution >= 4 is 21.5 Å². The van der Waals surface area contributed by atoms with E-state index in [2.05, 4.69) is 6.07 Å². The number of rotatable bonds is 3. The molecule has 0 amide bonds. The Kier molecular flexibility index (Phi) is 3.48. The molecule has 0 aliphatic heterocycles. The van der Waals surface area contributed by atoms with Crippen molar-refractivity contribution in [1.82, 2.24) is 0 Å². The number of nitriles is 1. The van der Waals surface area contributed by atoms with E-state index in [1.165, 1.54) is 0 Å². The number of nitrogens with zero attached hydrogens (tertiary/aromatic N) is 1. The Balaban J connectivity index is 2.60. The second kappa shape index (κ2) is 5.45. The van der Waals surface area contributed by atoms with Crippen LogP contribution in [0.4, 0.5) is 0 Å². The molecule has 3 aromatic carbocycles. The monoisotopic (exact) mass is 293 g/mol. The Bertz CT molecular complexity index is 910. The second-order valence-electron chi connectivity index (χ2n) is 4.82. The fraction of sp³-hybridized carbons (Fsp3) is 0.167. The first-order valence-electron chi connectivity index (χ1n) is 6.79. The molecule has 4 nitrogen and oxygen atoms in total. The Hall–Kier alpha value is -2.93. The van der Waals surface area contributed by atoms with Gasteiger partial charge in [0.05, 0.1) is 33.0 Å². The van der Waals surface area contributed by atoms with Crippen LogP contribution in [-0.2, 0) is 0 Å². The molecule has 110 valence electrons. The summed E-state index contributed by atoms with van der Waals surface area (Å²) in [6.45, 7) is 0. The Morgan fingerprint density at radius 1 is 0.818 bits per heavy atom. The van der Waals surface area contributed by atoms with Crippen molar-refractivity contribution < 1.29 is 14.2 Å². The van der Waals surface area contributed by atoms with Crippen LogP contribution in [0.1, 0.15) is 5.56 Å². The van der Waals surface area contributed by atoms with E-state index >= 15 is 0 Å². The Morgan fingerprint density at radius 2 is 1.55 bits per heavy atom. The van der Waals surface area contributed by atoms with Crippen LogP contribution in [0.15, 0.2) is 36.4 Å². The molecule has 0 saturated carbocycles. The number of hydrogen-bond donors (Lipinski definition) is 0. The maximum absolute atomic E-state index is 9.44. The number of hydrogen-bond acceptors (Lipinski definition) is 4. The van der Waals surface area contributed by atoms with Crippen LogP contribution in [0.3, 0.4) is 0 Å². The van der Waals surface area contributed by atoms with E-state index in [4.69, 9.17) is 14.2 Å². The van der Waals surface area contributed by atoms with E-state index in [9.17, 15) is 5.26 Å². The first-order valence-corrected chi connectivity index (χ1v) is 6.79. The lowest BCUT2D eigenvalue weighted by molar-refractivity contribution is 0.327. The molecule has 3 aromatic rings. The molecule has 0 N–H and O–H groups in total. The van der Waals surface area contributed by atoms with Gasteiger partial charge in [-0.1, -0.05) is 24.3 Å². The quantitative estimate of drug-likeness (QED) is 0.687. The first kappa shape index (κ1) is 14.0. The minimum atomic E-state index is 0.526. The van der Waals surface area contributed by atoms with Gasteiger partial charge in [0.15, 0.2) is 11.5 Å². The van der Waals surface area contributed by atoms with Crippen LogP contribution < -0.4 is 14.2 Å². The second-order valence-corrected chi connectivity index (χ2v) is 4.82. The van der Waals surface area contributed by atoms with Crippen molar-refractivity contribution in [3.05, 3.63) is 42.0 Å². The smallest absolute Gasteiger partial charge is 0.203 e. The number of fused-ring (bicyclic) bond motifs is 3. The van der Waals surface area contributed by atoms with Gasteiger partial charge in [0, 0.05) is 10.8 Å². The molecule has 0 aromatic heterocycles. The molecule has 22 heavy (non-hydrogen) atoms. The van der Waals surface area contributed by atoms with E-state index < -0.39 is 0 Å². The maximum Gasteiger partial charge on any atom is 0.203 e. The van der Waals surface area contributed by atoms with E-state index in [-0.39, 0.29) is 0 Å². The third-order valence-corrected chi connectivity index (χ3v) is 3.77. The summed E-state index contributed by atoms with van der Waals surface area (Å²) in [7, 11) is 4.75. The minimum absolute atomic E-state index is 0.526. The Morgan fingerprint density at radius 3 is 2.18 bits per heavy atom. The van der Waals surface area contributed by atoms with Crippen molar-refractivity contribution in [2.45, 2.75) is 0 Å². The number of benzene rings is 3. The summed E-state index contributed by atoms with van der Waals surface area (Å²) in [4.78, 5) is 0. The van der Waals surface area contributed by atoms with Crippen molar-refractivity contribution in [2.24, 2.45) is 0 Å². The largest absolute Gasteiger partial charge is 0.493 e. The van der Waals surface area contributed by atoms with Crippen molar-refractivity contribution in [2.75, 3.05) is 21.3 Å². The lowest BCUT2D eigenvalue weighted by Crippen LogP contribution is -1.97. The van der Waals surface area contributed by atoms with Gasteiger partial charge in [0.1, 0.15) is 0 Å². The molecule has 0 radical (unpaired) electrons. The maximum atomic E-state index is 9.44. The van der Waals surface area contributed by atoms with Crippen LogP contribution in [0.2, 0.25) is 0 Å². The molecule has 0 heterocycles. The predicted molar refractivity (Wildman–Crippen MR) is 85.8 cm³/mol. The zero-order valence-electron chi connectivity index (χ0n) is 12.6. The molecular formula is C18H15NO3. The summed E-state index contributed by atoms with van der Waals surface area (Å²) < 4.78 is 16.4. The fourth-order valence-corrected chi connectivity index (χ4v) is 2.83. The third kappa shape index (κ3) is 1.91. The van der Waals surface area contributed by atoms with Gasteiger partial charge in [0.2, 0.25) is 5.75 Å². The highest BCUT2D eigenvalue weighted by Gasteiger charge is 2.19. The van der Waals surface area contributed by atoms with Gasteiger partial charge in [-0.2, -0.15) is 5.26 Å². The van der Waals surface area contributed by atoms with Crippen molar-refractivity contribution in [1.29, 1.82) is 5.26 Å². The highest BCUT2D eigenvalue weighted by atomic mass is 16.5. The van der Waals surface area contributed by atoms with Crippen LogP contribution in [0, 0.1) is 11.3 Å². The van der Waals surface area contributed by atoms with Gasteiger partial charge >= 0.3 is 0 Å². The molecule has 0 aliphatic carbocycles. The van der Waals surface area contributed by atoms with Gasteiger partial charge < -0.3 is 14.2 Å². The molecular weight excluding hydrogens is 278 g/mol. The standard InChI is InChI=1S/C18H15NO3/c1-20-14-9-12-8-7-11-5-4-6-13(10-19)15(11)16(12)18(22-3)17(14)21-2/h4-9H,1-3H3.